The van der Waals surface area contributed by atoms with Crippen molar-refractivity contribution in [3.8, 4) is 11.3 Å². The van der Waals surface area contributed by atoms with Crippen LogP contribution in [0, 0.1) is 6.92 Å². The van der Waals surface area contributed by atoms with Crippen molar-refractivity contribution in [2.24, 2.45) is 0 Å². The van der Waals surface area contributed by atoms with Crippen molar-refractivity contribution >= 4 is 16.9 Å². The molecule has 114 valence electrons. The van der Waals surface area contributed by atoms with Gasteiger partial charge in [0.2, 0.25) is 0 Å². The minimum absolute atomic E-state index is 0.0874. The summed E-state index contributed by atoms with van der Waals surface area (Å²) in [6.07, 6.45) is -4.42. The third-order valence-corrected chi connectivity index (χ3v) is 3.38. The number of benzene rings is 1. The zero-order valence-corrected chi connectivity index (χ0v) is 11.2. The fourth-order valence-electron chi connectivity index (χ4n) is 2.40. The summed E-state index contributed by atoms with van der Waals surface area (Å²) in [5.74, 6) is -1.16. The van der Waals surface area contributed by atoms with Gasteiger partial charge in [0.25, 0.3) is 0 Å². The molecule has 0 aliphatic heterocycles. The molecule has 0 radical (unpaired) electrons. The van der Waals surface area contributed by atoms with Crippen LogP contribution in [0.5, 0.6) is 0 Å². The number of carbonyl (C=O) groups is 1. The van der Waals surface area contributed by atoms with E-state index in [2.05, 4.69) is 15.2 Å². The molecular weight excluding hydrogens is 299 g/mol. The van der Waals surface area contributed by atoms with Crippen molar-refractivity contribution < 1.29 is 23.1 Å². The van der Waals surface area contributed by atoms with Crippen LogP contribution in [-0.2, 0) is 6.18 Å². The molecule has 0 unspecified atom stereocenters. The number of halogens is 3. The second kappa shape index (κ2) is 4.62. The smallest absolute Gasteiger partial charge is 0.416 e. The van der Waals surface area contributed by atoms with Crippen molar-refractivity contribution in [2.45, 2.75) is 13.1 Å². The summed E-state index contributed by atoms with van der Waals surface area (Å²) in [5.41, 5.74) is 1.03. The van der Waals surface area contributed by atoms with Crippen LogP contribution in [0.1, 0.15) is 21.7 Å². The number of alkyl halides is 3. The van der Waals surface area contributed by atoms with E-state index in [-0.39, 0.29) is 5.69 Å². The Balaban J connectivity index is 2.17. The summed E-state index contributed by atoms with van der Waals surface area (Å²) >= 11 is 0. The van der Waals surface area contributed by atoms with Crippen LogP contribution in [0.4, 0.5) is 13.2 Å². The molecule has 8 heteroatoms. The summed E-state index contributed by atoms with van der Waals surface area (Å²) in [6, 6.07) is 4.71. The lowest BCUT2D eigenvalue weighted by molar-refractivity contribution is -0.137. The summed E-state index contributed by atoms with van der Waals surface area (Å²) in [5, 5.41) is 15.7. The van der Waals surface area contributed by atoms with Gasteiger partial charge in [-0.15, -0.1) is 0 Å². The molecule has 0 aliphatic carbocycles. The third kappa shape index (κ3) is 2.22. The third-order valence-electron chi connectivity index (χ3n) is 3.38. The number of carboxylic acid groups (broad SMARTS) is 1. The first-order valence-corrected chi connectivity index (χ1v) is 6.26. The number of aryl methyl sites for hydroxylation is 1. The van der Waals surface area contributed by atoms with Crippen molar-refractivity contribution in [1.82, 2.24) is 15.2 Å². The standard InChI is InChI=1S/C14H10F3N3O2/c1-6-12(10-5-11(13(21)22)20-19-10)8-3-2-7(14(15,16)17)4-9(8)18-6/h2-5,18H,1H3,(H,19,20)(H,21,22). The molecule has 0 saturated heterocycles. The molecule has 0 saturated carbocycles. The maximum atomic E-state index is 12.7. The van der Waals surface area contributed by atoms with E-state index in [0.717, 1.165) is 12.1 Å². The van der Waals surface area contributed by atoms with E-state index in [1.165, 1.54) is 12.1 Å². The van der Waals surface area contributed by atoms with Crippen molar-refractivity contribution in [3.63, 3.8) is 0 Å². The SMILES string of the molecule is Cc1[nH]c2cc(C(F)(F)F)ccc2c1-c1cc(C(=O)O)[nH]n1. The van der Waals surface area contributed by atoms with Crippen molar-refractivity contribution in [2.75, 3.05) is 0 Å². The van der Waals surface area contributed by atoms with Crippen LogP contribution in [0.2, 0.25) is 0 Å². The first-order chi connectivity index (χ1) is 10.3. The number of aromatic nitrogens is 3. The second-order valence-corrected chi connectivity index (χ2v) is 4.86. The van der Waals surface area contributed by atoms with E-state index in [0.29, 0.717) is 27.9 Å². The molecule has 0 fully saturated rings. The number of aromatic amines is 2. The quantitative estimate of drug-likeness (QED) is 0.676. The number of nitrogens with zero attached hydrogens (tertiary/aromatic N) is 1. The topological polar surface area (TPSA) is 81.8 Å². The minimum atomic E-state index is -4.42. The highest BCUT2D eigenvalue weighted by atomic mass is 19.4. The van der Waals surface area contributed by atoms with Gasteiger partial charge in [-0.25, -0.2) is 4.79 Å². The zero-order valence-electron chi connectivity index (χ0n) is 11.2. The molecule has 3 N–H and O–H groups in total. The molecule has 0 aliphatic rings. The van der Waals surface area contributed by atoms with E-state index in [4.69, 9.17) is 5.11 Å². The predicted molar refractivity (Wildman–Crippen MR) is 72.6 cm³/mol. The van der Waals surface area contributed by atoms with Crippen LogP contribution >= 0.6 is 0 Å². The first-order valence-electron chi connectivity index (χ1n) is 6.26. The summed E-state index contributed by atoms with van der Waals surface area (Å²) in [6.45, 7) is 1.69. The number of rotatable bonds is 2. The molecule has 0 spiro atoms. The number of aromatic carboxylic acids is 1. The zero-order chi connectivity index (χ0) is 16.1. The van der Waals surface area contributed by atoms with Crippen LogP contribution in [0.25, 0.3) is 22.2 Å². The van der Waals surface area contributed by atoms with Crippen LogP contribution in [0.15, 0.2) is 24.3 Å². The number of hydrogen-bond donors (Lipinski definition) is 3. The van der Waals surface area contributed by atoms with Gasteiger partial charge in [-0.1, -0.05) is 6.07 Å². The van der Waals surface area contributed by atoms with Gasteiger partial charge in [-0.3, -0.25) is 5.10 Å². The molecule has 0 amide bonds. The molecule has 3 rings (SSSR count). The van der Waals surface area contributed by atoms with E-state index in [9.17, 15) is 18.0 Å². The van der Waals surface area contributed by atoms with Crippen molar-refractivity contribution in [3.05, 3.63) is 41.2 Å². The summed E-state index contributed by atoms with van der Waals surface area (Å²) in [7, 11) is 0. The number of nitrogens with one attached hydrogen (secondary N) is 2. The Kier molecular flexibility index (Phi) is 2.98. The van der Waals surface area contributed by atoms with Gasteiger partial charge in [-0.2, -0.15) is 18.3 Å². The Bertz CT molecular complexity index is 877. The van der Waals surface area contributed by atoms with Crippen LogP contribution in [0.3, 0.4) is 0 Å². The molecule has 5 nitrogen and oxygen atoms in total. The van der Waals surface area contributed by atoms with E-state index in [1.54, 1.807) is 6.92 Å². The number of H-pyrrole nitrogens is 2. The van der Waals surface area contributed by atoms with E-state index < -0.39 is 17.7 Å². The lowest BCUT2D eigenvalue weighted by atomic mass is 10.1. The number of fused-ring (bicyclic) bond motifs is 1. The van der Waals surface area contributed by atoms with E-state index >= 15 is 0 Å². The van der Waals surface area contributed by atoms with Crippen LogP contribution < -0.4 is 0 Å². The average molecular weight is 309 g/mol. The Hall–Kier alpha value is -2.77. The van der Waals surface area contributed by atoms with Gasteiger partial charge < -0.3 is 10.1 Å². The Morgan fingerprint density at radius 2 is 2.00 bits per heavy atom. The second-order valence-electron chi connectivity index (χ2n) is 4.86. The fraction of sp³-hybridized carbons (Fsp3) is 0.143. The monoisotopic (exact) mass is 309 g/mol. The lowest BCUT2D eigenvalue weighted by Gasteiger charge is -2.06. The Morgan fingerprint density at radius 1 is 1.27 bits per heavy atom. The molecular formula is C14H10F3N3O2. The maximum absolute atomic E-state index is 12.7. The summed E-state index contributed by atoms with van der Waals surface area (Å²) < 4.78 is 38.2. The molecule has 0 atom stereocenters. The van der Waals surface area contributed by atoms with Gasteiger partial charge >= 0.3 is 12.1 Å². The maximum Gasteiger partial charge on any atom is 0.416 e. The molecule has 22 heavy (non-hydrogen) atoms. The van der Waals surface area contributed by atoms with Gasteiger partial charge in [0.15, 0.2) is 0 Å². The number of carboxylic acids is 1. The van der Waals surface area contributed by atoms with Crippen molar-refractivity contribution in [1.29, 1.82) is 0 Å². The van der Waals surface area contributed by atoms with E-state index in [1.807, 2.05) is 0 Å². The molecule has 1 aromatic carbocycles. The molecule has 2 heterocycles. The average Bonchev–Trinajstić information content (AvgIpc) is 2.99. The van der Waals surface area contributed by atoms with Gasteiger partial charge in [0.1, 0.15) is 5.69 Å². The highest BCUT2D eigenvalue weighted by molar-refractivity contribution is 5.98. The highest BCUT2D eigenvalue weighted by Crippen LogP contribution is 2.36. The fourth-order valence-corrected chi connectivity index (χ4v) is 2.40. The highest BCUT2D eigenvalue weighted by Gasteiger charge is 2.31. The lowest BCUT2D eigenvalue weighted by Crippen LogP contribution is -2.04. The van der Waals surface area contributed by atoms with Gasteiger partial charge in [0.05, 0.1) is 11.3 Å². The molecule has 2 aromatic heterocycles. The Morgan fingerprint density at radius 3 is 2.59 bits per heavy atom. The number of hydrogen-bond acceptors (Lipinski definition) is 2. The molecule has 0 bridgehead atoms. The van der Waals surface area contributed by atoms with Gasteiger partial charge in [0, 0.05) is 22.2 Å². The Labute approximate surface area is 121 Å². The predicted octanol–water partition coefficient (Wildman–Crippen LogP) is 3.58. The first kappa shape index (κ1) is 14.2. The van der Waals surface area contributed by atoms with Gasteiger partial charge in [-0.05, 0) is 25.1 Å². The normalized spacial score (nSPS) is 12.0. The largest absolute Gasteiger partial charge is 0.477 e. The van der Waals surface area contributed by atoms with Crippen LogP contribution in [-0.4, -0.2) is 26.3 Å². The summed E-state index contributed by atoms with van der Waals surface area (Å²) in [4.78, 5) is 13.8. The minimum Gasteiger partial charge on any atom is -0.477 e. The molecule has 3 aromatic rings.